The van der Waals surface area contributed by atoms with Crippen LogP contribution in [-0.2, 0) is 53.4 Å². The Bertz CT molecular complexity index is 3830. The number of ether oxygens (including phenoxy) is 6. The standard InChI is InChI=1S/C64H79N9O18S2/c1-37-44(43-15-16-45(68-50(43)55(77)78)39-12-11-38-8-7-18-72(47(38)24-39)59(81)70-58-69-46-9-5-6-10-49(46)92-58)27-67-73(37)36-63-31-61(2)30-62(3,32-63)34-64(33-61,35-63)89-21-19-71(4)60(82)88-28-40-13-14-42(87-23-22-86-20-17-66-26-41(65)29-93(83,84)85)25-48(40)90-57-53(76)51(74)52(75)54(91-57)56(79)80/h5-6,9-16,24-25,27,41,51-54,57,66,74-76H,7-8,17-23,26,28-36,65H2,1-4H3,(H,77,78)(H,79,80)(H,69,70,81)(H,83,84,85)/t41-,51+,52+,53-,54+,57-,61?,62?,63?,64?/m1/s1. The molecule has 12 rings (SSSR count). The lowest BCUT2D eigenvalue weighted by molar-refractivity contribution is -0.271. The highest BCUT2D eigenvalue weighted by Crippen LogP contribution is 2.72. The van der Waals surface area contributed by atoms with Crippen LogP contribution in [0.2, 0.25) is 0 Å². The number of aliphatic hydroxyl groups excluding tert-OH is 3. The monoisotopic (exact) mass is 1330 g/mol. The van der Waals surface area contributed by atoms with Gasteiger partial charge in [0.2, 0.25) is 6.29 Å². The lowest BCUT2D eigenvalue weighted by Crippen LogP contribution is -2.64. The predicted octanol–water partition coefficient (Wildman–Crippen LogP) is 6.09. The second-order valence-electron chi connectivity index (χ2n) is 26.2. The van der Waals surface area contributed by atoms with Gasteiger partial charge in [0.15, 0.2) is 16.9 Å². The molecule has 500 valence electrons. The smallest absolute Gasteiger partial charge is 0.409 e. The fraction of sp³-hybridized carbons (Fsp3) is 0.516. The number of para-hydroxylation sites is 1. The molecule has 27 nitrogen and oxygen atoms in total. The fourth-order valence-electron chi connectivity index (χ4n) is 15.3. The van der Waals surface area contributed by atoms with Crippen LogP contribution in [0.15, 0.2) is 79.0 Å². The predicted molar refractivity (Wildman–Crippen MR) is 340 cm³/mol. The van der Waals surface area contributed by atoms with Gasteiger partial charge in [-0.25, -0.2) is 29.1 Å². The number of amides is 3. The molecule has 6 aliphatic rings. The third-order valence-electron chi connectivity index (χ3n) is 18.2. The third-order valence-corrected chi connectivity index (χ3v) is 20.0. The molecule has 2 unspecified atom stereocenters. The molecule has 8 atom stereocenters. The molecular weight excluding hydrogens is 1250 g/mol. The molecule has 3 aromatic heterocycles. The summed E-state index contributed by atoms with van der Waals surface area (Å²) in [5.41, 5.74) is 10.6. The van der Waals surface area contributed by atoms with Crippen molar-refractivity contribution in [3.05, 3.63) is 102 Å². The number of hydrogen-bond acceptors (Lipinski definition) is 21. The summed E-state index contributed by atoms with van der Waals surface area (Å²) in [6.07, 6.45) is -1.63. The van der Waals surface area contributed by atoms with Crippen molar-refractivity contribution in [3.63, 3.8) is 0 Å². The molecule has 0 radical (unpaired) electrons. The number of rotatable bonds is 26. The van der Waals surface area contributed by atoms with Gasteiger partial charge < -0.3 is 69.9 Å². The van der Waals surface area contributed by atoms with Crippen LogP contribution < -0.4 is 30.7 Å². The van der Waals surface area contributed by atoms with Crippen LogP contribution in [0.25, 0.3) is 32.6 Å². The summed E-state index contributed by atoms with van der Waals surface area (Å²) in [6, 6.07) is 20.4. The molecule has 3 aromatic carbocycles. The highest BCUT2D eigenvalue weighted by atomic mass is 32.2. The highest BCUT2D eigenvalue weighted by Gasteiger charge is 2.66. The van der Waals surface area contributed by atoms with Gasteiger partial charge in [-0.3, -0.25) is 19.5 Å². The van der Waals surface area contributed by atoms with Gasteiger partial charge in [0, 0.05) is 85.5 Å². The number of aryl methyl sites for hydroxylation is 1. The molecule has 93 heavy (non-hydrogen) atoms. The molecule has 2 aliphatic heterocycles. The zero-order valence-electron chi connectivity index (χ0n) is 52.1. The van der Waals surface area contributed by atoms with Gasteiger partial charge in [-0.05, 0) is 123 Å². The topological polar surface area (TPSA) is 379 Å². The van der Waals surface area contributed by atoms with E-state index in [1.165, 1.54) is 28.4 Å². The maximum absolute atomic E-state index is 13.8. The number of anilines is 2. The quantitative estimate of drug-likeness (QED) is 0.0219. The number of nitrogens with zero attached hydrogens (tertiary/aromatic N) is 6. The molecule has 5 heterocycles. The minimum absolute atomic E-state index is 0.0341. The molecule has 6 aromatic rings. The number of benzene rings is 3. The largest absolute Gasteiger partial charge is 0.491 e. The number of carboxylic acids is 2. The van der Waals surface area contributed by atoms with Crippen LogP contribution in [-0.4, -0.2) is 195 Å². The SMILES string of the molecule is Cc1c(-c2ccc(-c3ccc4c(c3)N(C(=O)Nc3nc5ccccc5s3)CCC4)nc2C(=O)O)cnn1CC12CC3(C)CC(C)(C1)CC(OCCN(C)C(=O)OCc1ccc(OCCOCCNC[C@@H](N)CS(=O)(=O)O)cc1O[C@@H]1O[C@H](C(=O)O)[C@@H](O)[C@H](O)[C@H]1O)(C3)C2. The lowest BCUT2D eigenvalue weighted by Gasteiger charge is -2.69. The van der Waals surface area contributed by atoms with Gasteiger partial charge in [-0.15, -0.1) is 0 Å². The average molecular weight is 1330 g/mol. The fourth-order valence-corrected chi connectivity index (χ4v) is 16.8. The number of aliphatic carboxylic acids is 1. The van der Waals surface area contributed by atoms with E-state index in [0.29, 0.717) is 47.2 Å². The Morgan fingerprint density at radius 3 is 2.41 bits per heavy atom. The Balaban J connectivity index is 0.721. The number of aromatic nitrogens is 4. The molecular formula is C64H79N9O18S2. The second-order valence-corrected chi connectivity index (χ2v) is 28.7. The number of carbonyl (C=O) groups is 4. The molecule has 4 saturated carbocycles. The molecule has 3 amide bonds. The van der Waals surface area contributed by atoms with Gasteiger partial charge in [-0.1, -0.05) is 49.4 Å². The number of aliphatic hydroxyl groups is 3. The van der Waals surface area contributed by atoms with E-state index in [1.54, 1.807) is 30.3 Å². The minimum Gasteiger partial charge on any atom is -0.491 e. The molecule has 1 saturated heterocycles. The minimum atomic E-state index is -4.21. The lowest BCUT2D eigenvalue weighted by atomic mass is 9.39. The maximum atomic E-state index is 13.8. The highest BCUT2D eigenvalue weighted by molar-refractivity contribution is 7.85. The number of urea groups is 1. The maximum Gasteiger partial charge on any atom is 0.409 e. The van der Waals surface area contributed by atoms with Crippen molar-refractivity contribution in [3.8, 4) is 33.9 Å². The van der Waals surface area contributed by atoms with E-state index in [9.17, 15) is 53.1 Å². The normalized spacial score (nSPS) is 25.9. The molecule has 10 N–H and O–H groups in total. The van der Waals surface area contributed by atoms with Gasteiger partial charge >= 0.3 is 24.1 Å². The van der Waals surface area contributed by atoms with E-state index in [4.69, 9.17) is 48.8 Å². The first-order chi connectivity index (χ1) is 44.2. The van der Waals surface area contributed by atoms with Crippen LogP contribution in [0.3, 0.4) is 0 Å². The van der Waals surface area contributed by atoms with Crippen molar-refractivity contribution in [2.45, 2.75) is 128 Å². The first-order valence-electron chi connectivity index (χ1n) is 30.9. The Kier molecular flexibility index (Phi) is 19.5. The number of nitrogens with one attached hydrogen (secondary N) is 2. The molecule has 0 spiro atoms. The van der Waals surface area contributed by atoms with E-state index >= 15 is 0 Å². The van der Waals surface area contributed by atoms with E-state index in [1.807, 2.05) is 60.1 Å². The van der Waals surface area contributed by atoms with E-state index in [-0.39, 0.29) is 91.2 Å². The van der Waals surface area contributed by atoms with Crippen molar-refractivity contribution in [2.24, 2.45) is 22.0 Å². The Morgan fingerprint density at radius 2 is 1.67 bits per heavy atom. The van der Waals surface area contributed by atoms with Crippen LogP contribution in [0, 0.1) is 23.2 Å². The Morgan fingerprint density at radius 1 is 0.892 bits per heavy atom. The van der Waals surface area contributed by atoms with Crippen LogP contribution >= 0.6 is 11.3 Å². The number of carboxylic acid groups (broad SMARTS) is 2. The second kappa shape index (κ2) is 27.1. The van der Waals surface area contributed by atoms with Gasteiger partial charge in [0.1, 0.15) is 43.0 Å². The van der Waals surface area contributed by atoms with E-state index in [2.05, 4.69) is 29.5 Å². The molecule has 4 bridgehead atoms. The number of hydrogen-bond donors (Lipinski definition) is 9. The van der Waals surface area contributed by atoms with Gasteiger partial charge in [0.25, 0.3) is 10.1 Å². The molecule has 5 fully saturated rings. The molecule has 4 aliphatic carbocycles. The van der Waals surface area contributed by atoms with Crippen molar-refractivity contribution in [1.29, 1.82) is 0 Å². The van der Waals surface area contributed by atoms with Crippen LogP contribution in [0.1, 0.15) is 86.1 Å². The van der Waals surface area contributed by atoms with Crippen molar-refractivity contribution < 1.29 is 86.1 Å². The van der Waals surface area contributed by atoms with Crippen molar-refractivity contribution >= 4 is 66.6 Å². The summed E-state index contributed by atoms with van der Waals surface area (Å²) >= 11 is 1.40. The number of pyridine rings is 1. The third kappa shape index (κ3) is 15.2. The van der Waals surface area contributed by atoms with Gasteiger partial charge in [0.05, 0.1) is 53.3 Å². The molecule has 29 heteroatoms. The van der Waals surface area contributed by atoms with Gasteiger partial charge in [-0.2, -0.15) is 13.5 Å². The summed E-state index contributed by atoms with van der Waals surface area (Å²) in [7, 11) is -2.63. The zero-order chi connectivity index (χ0) is 66.2. The average Bonchev–Trinajstić information content (AvgIpc) is 0.898. The summed E-state index contributed by atoms with van der Waals surface area (Å²) in [6.45, 7) is 8.48. The number of carbonyl (C=O) groups excluding carboxylic acids is 2. The number of thiazole rings is 1. The summed E-state index contributed by atoms with van der Waals surface area (Å²) in [4.78, 5) is 65.0. The van der Waals surface area contributed by atoms with Crippen molar-refractivity contribution in [1.82, 2.24) is 30.0 Å². The van der Waals surface area contributed by atoms with Crippen molar-refractivity contribution in [2.75, 3.05) is 75.6 Å². The summed E-state index contributed by atoms with van der Waals surface area (Å²) in [5.74, 6) is -3.23. The Hall–Kier alpha value is -7.42. The summed E-state index contributed by atoms with van der Waals surface area (Å²) < 4.78 is 69.5. The van der Waals surface area contributed by atoms with Crippen LogP contribution in [0.5, 0.6) is 11.5 Å². The first kappa shape index (κ1) is 67.0. The number of likely N-dealkylation sites (N-methyl/N-ethyl adjacent to an activating group) is 1. The first-order valence-corrected chi connectivity index (χ1v) is 33.3. The Labute approximate surface area is 540 Å². The zero-order valence-corrected chi connectivity index (χ0v) is 53.7. The number of nitrogens with two attached hydrogens (primary N) is 1. The van der Waals surface area contributed by atoms with Crippen LogP contribution in [0.4, 0.5) is 20.4 Å². The number of fused-ring (bicyclic) bond motifs is 2. The van der Waals surface area contributed by atoms with E-state index in [0.717, 1.165) is 78.5 Å². The number of aromatic carboxylic acids is 1. The van der Waals surface area contributed by atoms with E-state index < -0.39 is 76.3 Å². The summed E-state index contributed by atoms with van der Waals surface area (Å²) in [5, 5.41) is 63.4.